The van der Waals surface area contributed by atoms with Crippen LogP contribution in [0.2, 0.25) is 0 Å². The standard InChI is InChI=1S/C10H16N2O2/c1-5-14-10(13)8-7(4)11-9(12-8)6(2)3/h6H,5H2,1-4H3,(H,11,12). The second-order valence-corrected chi connectivity index (χ2v) is 3.47. The Balaban J connectivity index is 2.92. The molecule has 0 atom stereocenters. The van der Waals surface area contributed by atoms with Crippen LogP contribution in [0.25, 0.3) is 0 Å². The van der Waals surface area contributed by atoms with Gasteiger partial charge in [-0.2, -0.15) is 0 Å². The highest BCUT2D eigenvalue weighted by atomic mass is 16.5. The Labute approximate surface area is 83.7 Å². The molecule has 4 nitrogen and oxygen atoms in total. The lowest BCUT2D eigenvalue weighted by Gasteiger charge is -1.98. The fraction of sp³-hybridized carbons (Fsp3) is 0.600. The summed E-state index contributed by atoms with van der Waals surface area (Å²) in [6.07, 6.45) is 0. The molecule has 0 aromatic carbocycles. The Bertz CT molecular complexity index is 329. The van der Waals surface area contributed by atoms with Gasteiger partial charge < -0.3 is 9.72 Å². The van der Waals surface area contributed by atoms with Crippen LogP contribution in [0.4, 0.5) is 0 Å². The van der Waals surface area contributed by atoms with E-state index in [1.807, 2.05) is 20.8 Å². The number of imidazole rings is 1. The van der Waals surface area contributed by atoms with Crippen molar-refractivity contribution in [1.82, 2.24) is 9.97 Å². The maximum absolute atomic E-state index is 11.4. The number of ether oxygens (including phenoxy) is 1. The summed E-state index contributed by atoms with van der Waals surface area (Å²) >= 11 is 0. The number of aromatic nitrogens is 2. The predicted octanol–water partition coefficient (Wildman–Crippen LogP) is 2.02. The van der Waals surface area contributed by atoms with Crippen LogP contribution in [0.15, 0.2) is 0 Å². The quantitative estimate of drug-likeness (QED) is 0.752. The van der Waals surface area contributed by atoms with Crippen molar-refractivity contribution < 1.29 is 9.53 Å². The van der Waals surface area contributed by atoms with Gasteiger partial charge in [0.2, 0.25) is 0 Å². The summed E-state index contributed by atoms with van der Waals surface area (Å²) in [7, 11) is 0. The second kappa shape index (κ2) is 4.26. The Kier molecular flexibility index (Phi) is 3.28. The first kappa shape index (κ1) is 10.8. The van der Waals surface area contributed by atoms with Crippen LogP contribution < -0.4 is 0 Å². The van der Waals surface area contributed by atoms with E-state index in [1.165, 1.54) is 0 Å². The van der Waals surface area contributed by atoms with E-state index in [0.29, 0.717) is 12.3 Å². The molecule has 0 saturated carbocycles. The fourth-order valence-corrected chi connectivity index (χ4v) is 1.16. The molecule has 1 aromatic rings. The average molecular weight is 196 g/mol. The molecule has 1 heterocycles. The Morgan fingerprint density at radius 1 is 1.57 bits per heavy atom. The molecule has 0 unspecified atom stereocenters. The summed E-state index contributed by atoms with van der Waals surface area (Å²) in [5, 5.41) is 0. The molecule has 14 heavy (non-hydrogen) atoms. The first-order valence-electron chi connectivity index (χ1n) is 4.79. The molecule has 0 saturated heterocycles. The van der Waals surface area contributed by atoms with Gasteiger partial charge in [0, 0.05) is 11.6 Å². The largest absolute Gasteiger partial charge is 0.461 e. The third kappa shape index (κ3) is 2.13. The van der Waals surface area contributed by atoms with E-state index in [-0.39, 0.29) is 11.9 Å². The van der Waals surface area contributed by atoms with Gasteiger partial charge in [-0.05, 0) is 13.8 Å². The highest BCUT2D eigenvalue weighted by Gasteiger charge is 2.16. The topological polar surface area (TPSA) is 55.0 Å². The SMILES string of the molecule is CCOC(=O)c1nc(C(C)C)[nH]c1C. The van der Waals surface area contributed by atoms with Crippen molar-refractivity contribution in [1.29, 1.82) is 0 Å². The fourth-order valence-electron chi connectivity index (χ4n) is 1.16. The number of nitrogens with one attached hydrogen (secondary N) is 1. The number of esters is 1. The zero-order chi connectivity index (χ0) is 10.7. The smallest absolute Gasteiger partial charge is 0.358 e. The highest BCUT2D eigenvalue weighted by Crippen LogP contribution is 2.13. The number of carbonyl (C=O) groups is 1. The van der Waals surface area contributed by atoms with Crippen molar-refractivity contribution in [2.24, 2.45) is 0 Å². The van der Waals surface area contributed by atoms with Crippen LogP contribution in [0.5, 0.6) is 0 Å². The maximum atomic E-state index is 11.4. The number of aromatic amines is 1. The molecule has 78 valence electrons. The van der Waals surface area contributed by atoms with Crippen molar-refractivity contribution in [2.75, 3.05) is 6.61 Å². The normalized spacial score (nSPS) is 10.6. The van der Waals surface area contributed by atoms with Gasteiger partial charge in [0.25, 0.3) is 0 Å². The van der Waals surface area contributed by atoms with Gasteiger partial charge in [0.1, 0.15) is 5.82 Å². The minimum absolute atomic E-state index is 0.289. The van der Waals surface area contributed by atoms with E-state index in [1.54, 1.807) is 6.92 Å². The molecule has 0 aliphatic rings. The summed E-state index contributed by atoms with van der Waals surface area (Å²) in [6, 6.07) is 0. The summed E-state index contributed by atoms with van der Waals surface area (Å²) in [5.41, 5.74) is 1.17. The van der Waals surface area contributed by atoms with E-state index in [4.69, 9.17) is 4.74 Å². The number of aryl methyl sites for hydroxylation is 1. The van der Waals surface area contributed by atoms with Crippen LogP contribution in [0.1, 0.15) is 48.7 Å². The van der Waals surface area contributed by atoms with Crippen molar-refractivity contribution in [3.8, 4) is 0 Å². The van der Waals surface area contributed by atoms with Crippen molar-refractivity contribution >= 4 is 5.97 Å². The number of nitrogens with zero attached hydrogens (tertiary/aromatic N) is 1. The van der Waals surface area contributed by atoms with E-state index in [9.17, 15) is 4.79 Å². The van der Waals surface area contributed by atoms with Gasteiger partial charge in [-0.3, -0.25) is 0 Å². The lowest BCUT2D eigenvalue weighted by atomic mass is 10.2. The highest BCUT2D eigenvalue weighted by molar-refractivity contribution is 5.88. The molecule has 1 aromatic heterocycles. The lowest BCUT2D eigenvalue weighted by molar-refractivity contribution is 0.0519. The van der Waals surface area contributed by atoms with Crippen molar-refractivity contribution in [3.05, 3.63) is 17.2 Å². The molecule has 0 fully saturated rings. The van der Waals surface area contributed by atoms with Crippen molar-refractivity contribution in [2.45, 2.75) is 33.6 Å². The second-order valence-electron chi connectivity index (χ2n) is 3.47. The van der Waals surface area contributed by atoms with Gasteiger partial charge in [-0.15, -0.1) is 0 Å². The molecule has 0 aliphatic carbocycles. The number of hydrogen-bond acceptors (Lipinski definition) is 3. The number of rotatable bonds is 3. The molecule has 0 radical (unpaired) electrons. The van der Waals surface area contributed by atoms with Crippen LogP contribution in [-0.4, -0.2) is 22.5 Å². The minimum atomic E-state index is -0.354. The molecule has 1 N–H and O–H groups in total. The third-order valence-electron chi connectivity index (χ3n) is 1.92. The van der Waals surface area contributed by atoms with E-state index >= 15 is 0 Å². The van der Waals surface area contributed by atoms with E-state index in [0.717, 1.165) is 11.5 Å². The summed E-state index contributed by atoms with van der Waals surface area (Å²) in [5.74, 6) is 0.760. The Morgan fingerprint density at radius 2 is 2.21 bits per heavy atom. The molecule has 0 bridgehead atoms. The van der Waals surface area contributed by atoms with E-state index < -0.39 is 0 Å². The summed E-state index contributed by atoms with van der Waals surface area (Å²) < 4.78 is 4.88. The lowest BCUT2D eigenvalue weighted by Crippen LogP contribution is -2.06. The monoisotopic (exact) mass is 196 g/mol. The first-order valence-corrected chi connectivity index (χ1v) is 4.79. The van der Waals surface area contributed by atoms with Gasteiger partial charge >= 0.3 is 5.97 Å². The maximum Gasteiger partial charge on any atom is 0.358 e. The molecular formula is C10H16N2O2. The van der Waals surface area contributed by atoms with Gasteiger partial charge in [0.15, 0.2) is 5.69 Å². The number of carbonyl (C=O) groups excluding carboxylic acids is 1. The number of hydrogen-bond donors (Lipinski definition) is 1. The van der Waals surface area contributed by atoms with Crippen LogP contribution >= 0.6 is 0 Å². The Morgan fingerprint density at radius 3 is 2.64 bits per heavy atom. The Hall–Kier alpha value is -1.32. The van der Waals surface area contributed by atoms with Crippen LogP contribution in [0, 0.1) is 6.92 Å². The summed E-state index contributed by atoms with van der Waals surface area (Å²) in [6.45, 7) is 8.02. The van der Waals surface area contributed by atoms with Gasteiger partial charge in [-0.25, -0.2) is 9.78 Å². The first-order chi connectivity index (χ1) is 6.56. The number of H-pyrrole nitrogens is 1. The van der Waals surface area contributed by atoms with E-state index in [2.05, 4.69) is 9.97 Å². The van der Waals surface area contributed by atoms with Crippen LogP contribution in [-0.2, 0) is 4.74 Å². The average Bonchev–Trinajstić information content (AvgIpc) is 2.48. The van der Waals surface area contributed by atoms with Gasteiger partial charge in [0.05, 0.1) is 6.61 Å². The minimum Gasteiger partial charge on any atom is -0.461 e. The predicted molar refractivity (Wildman–Crippen MR) is 53.4 cm³/mol. The van der Waals surface area contributed by atoms with Crippen LogP contribution in [0.3, 0.4) is 0 Å². The molecule has 4 heteroatoms. The third-order valence-corrected chi connectivity index (χ3v) is 1.92. The molecule has 1 rings (SSSR count). The molecular weight excluding hydrogens is 180 g/mol. The molecule has 0 spiro atoms. The zero-order valence-corrected chi connectivity index (χ0v) is 9.05. The van der Waals surface area contributed by atoms with Gasteiger partial charge in [-0.1, -0.05) is 13.8 Å². The molecule has 0 aliphatic heterocycles. The summed E-state index contributed by atoms with van der Waals surface area (Å²) in [4.78, 5) is 18.7. The van der Waals surface area contributed by atoms with Crippen molar-refractivity contribution in [3.63, 3.8) is 0 Å². The molecule has 0 amide bonds. The zero-order valence-electron chi connectivity index (χ0n) is 9.05.